The Kier molecular flexibility index (Phi) is 28.9. The van der Waals surface area contributed by atoms with E-state index in [4.69, 9.17) is 0 Å². The maximum absolute atomic E-state index is 3.51. The quantitative estimate of drug-likeness (QED) is 0.287. The molecule has 1 N–H and O–H groups in total. The van der Waals surface area contributed by atoms with E-state index in [2.05, 4.69) is 77.9 Å². The molecule has 1 rings (SSSR count). The Balaban J connectivity index is -0.000000474. The Bertz CT molecular complexity index is 499. The van der Waals surface area contributed by atoms with Crippen LogP contribution >= 0.6 is 0 Å². The molecule has 0 aliphatic rings. The first-order valence-corrected chi connectivity index (χ1v) is 11.7. The van der Waals surface area contributed by atoms with Crippen LogP contribution in [0.3, 0.4) is 0 Å². The van der Waals surface area contributed by atoms with Gasteiger partial charge in [-0.05, 0) is 75.0 Å². The van der Waals surface area contributed by atoms with Gasteiger partial charge in [-0.25, -0.2) is 0 Å². The molecule has 0 atom stereocenters. The van der Waals surface area contributed by atoms with Gasteiger partial charge in [-0.2, -0.15) is 0 Å². The molecule has 1 aromatic rings. The third-order valence-corrected chi connectivity index (χ3v) is 4.53. The van der Waals surface area contributed by atoms with Crippen LogP contribution in [0.15, 0.2) is 55.9 Å². The van der Waals surface area contributed by atoms with Gasteiger partial charge in [-0.1, -0.05) is 90.7 Å². The van der Waals surface area contributed by atoms with Gasteiger partial charge in [-0.3, -0.25) is 0 Å². The van der Waals surface area contributed by atoms with Gasteiger partial charge in [-0.15, -0.1) is 13.2 Å². The van der Waals surface area contributed by atoms with Gasteiger partial charge >= 0.3 is 0 Å². The number of rotatable bonds is 11. The molecule has 0 saturated heterocycles. The first-order chi connectivity index (χ1) is 14.1. The molecule has 0 saturated carbocycles. The standard InChI is InChI=1S/C17H28.C7H13N.C2H6.C2H4/c1-4-6-8-9-10-16-12-13-17(11-7-5-2)15(3)14-16;1-4-7(3)6-8-5-2;2*1-2/h12-14H,4-11H2,1-3H3;5-6,8H,2,4H2,1,3H3;1-2H3;1-2H2/b;7-6+;;. The third-order valence-electron chi connectivity index (χ3n) is 4.53. The predicted molar refractivity (Wildman–Crippen MR) is 138 cm³/mol. The average Bonchev–Trinajstić information content (AvgIpc) is 2.77. The molecule has 0 heterocycles. The van der Waals surface area contributed by atoms with E-state index in [0.29, 0.717) is 0 Å². The van der Waals surface area contributed by atoms with Gasteiger partial charge in [0.1, 0.15) is 0 Å². The zero-order chi connectivity index (χ0) is 22.9. The number of hydrogen-bond acceptors (Lipinski definition) is 1. The zero-order valence-electron chi connectivity index (χ0n) is 20.9. The van der Waals surface area contributed by atoms with Crippen LogP contribution in [0.5, 0.6) is 0 Å². The molecule has 0 aliphatic carbocycles. The predicted octanol–water partition coefficient (Wildman–Crippen LogP) is 9.32. The highest BCUT2D eigenvalue weighted by atomic mass is 14.8. The van der Waals surface area contributed by atoms with Gasteiger partial charge in [0.15, 0.2) is 0 Å². The SMILES string of the molecule is C=C.C=CN/C=C(\C)CC.CC.CCCCCCc1ccc(CCCC)c(C)c1. The average molecular weight is 402 g/mol. The molecule has 0 unspecified atom stereocenters. The van der Waals surface area contributed by atoms with Crippen LogP contribution in [0.2, 0.25) is 0 Å². The summed E-state index contributed by atoms with van der Waals surface area (Å²) in [6.07, 6.45) is 15.3. The molecule has 0 bridgehead atoms. The Morgan fingerprint density at radius 1 is 0.931 bits per heavy atom. The minimum atomic E-state index is 1.10. The van der Waals surface area contributed by atoms with Crippen molar-refractivity contribution in [1.29, 1.82) is 0 Å². The van der Waals surface area contributed by atoms with Crippen molar-refractivity contribution in [2.45, 2.75) is 106 Å². The summed E-state index contributed by atoms with van der Waals surface area (Å²) in [6, 6.07) is 7.08. The van der Waals surface area contributed by atoms with Crippen molar-refractivity contribution in [3.8, 4) is 0 Å². The number of hydrogen-bond donors (Lipinski definition) is 1. The molecule has 168 valence electrons. The zero-order valence-corrected chi connectivity index (χ0v) is 20.9. The van der Waals surface area contributed by atoms with E-state index in [1.807, 2.05) is 20.0 Å². The molecule has 1 aromatic carbocycles. The fourth-order valence-electron chi connectivity index (χ4n) is 2.62. The third kappa shape index (κ3) is 20.8. The highest BCUT2D eigenvalue weighted by molar-refractivity contribution is 5.31. The van der Waals surface area contributed by atoms with Crippen molar-refractivity contribution < 1.29 is 0 Å². The lowest BCUT2D eigenvalue weighted by atomic mass is 9.98. The molecule has 0 fully saturated rings. The summed E-state index contributed by atoms with van der Waals surface area (Å²) in [5.41, 5.74) is 5.90. The summed E-state index contributed by atoms with van der Waals surface area (Å²) in [6.45, 7) is 24.5. The van der Waals surface area contributed by atoms with E-state index in [1.54, 1.807) is 11.8 Å². The normalized spacial score (nSPS) is 9.69. The van der Waals surface area contributed by atoms with E-state index in [1.165, 1.54) is 68.1 Å². The minimum absolute atomic E-state index is 1.10. The summed E-state index contributed by atoms with van der Waals surface area (Å²) in [7, 11) is 0. The lowest BCUT2D eigenvalue weighted by molar-refractivity contribution is 0.666. The van der Waals surface area contributed by atoms with E-state index >= 15 is 0 Å². The first-order valence-electron chi connectivity index (χ1n) is 11.7. The van der Waals surface area contributed by atoms with Crippen molar-refractivity contribution in [3.63, 3.8) is 0 Å². The molecule has 0 aliphatic heterocycles. The number of aryl methyl sites for hydroxylation is 3. The van der Waals surface area contributed by atoms with Crippen LogP contribution in [0.1, 0.15) is 103 Å². The van der Waals surface area contributed by atoms with Crippen LogP contribution in [-0.4, -0.2) is 0 Å². The maximum Gasteiger partial charge on any atom is -0.000675 e. The summed E-state index contributed by atoms with van der Waals surface area (Å²) in [5.74, 6) is 0. The van der Waals surface area contributed by atoms with E-state index in [-0.39, 0.29) is 0 Å². The molecule has 1 nitrogen and oxygen atoms in total. The van der Waals surface area contributed by atoms with Gasteiger partial charge in [0, 0.05) is 0 Å². The molecule has 0 spiro atoms. The van der Waals surface area contributed by atoms with Crippen LogP contribution in [0.25, 0.3) is 0 Å². The second kappa shape index (κ2) is 26.2. The van der Waals surface area contributed by atoms with Crippen LogP contribution in [-0.2, 0) is 12.8 Å². The second-order valence-corrected chi connectivity index (χ2v) is 6.89. The van der Waals surface area contributed by atoms with Crippen molar-refractivity contribution in [2.75, 3.05) is 0 Å². The minimum Gasteiger partial charge on any atom is -0.368 e. The number of allylic oxidation sites excluding steroid dienone is 1. The van der Waals surface area contributed by atoms with E-state index in [0.717, 1.165) is 6.42 Å². The molecule has 1 heteroatoms. The van der Waals surface area contributed by atoms with Crippen molar-refractivity contribution >= 4 is 0 Å². The van der Waals surface area contributed by atoms with Crippen molar-refractivity contribution in [1.82, 2.24) is 5.32 Å². The topological polar surface area (TPSA) is 12.0 Å². The largest absolute Gasteiger partial charge is 0.368 e. The Labute approximate surface area is 184 Å². The van der Waals surface area contributed by atoms with Crippen LogP contribution in [0, 0.1) is 6.92 Å². The van der Waals surface area contributed by atoms with Crippen LogP contribution < -0.4 is 5.32 Å². The maximum atomic E-state index is 3.51. The van der Waals surface area contributed by atoms with Gasteiger partial charge < -0.3 is 5.32 Å². The first kappa shape index (κ1) is 31.9. The van der Waals surface area contributed by atoms with Gasteiger partial charge in [0.2, 0.25) is 0 Å². The van der Waals surface area contributed by atoms with Gasteiger partial charge in [0.05, 0.1) is 0 Å². The highest BCUT2D eigenvalue weighted by Gasteiger charge is 2.00. The summed E-state index contributed by atoms with van der Waals surface area (Å²) < 4.78 is 0. The van der Waals surface area contributed by atoms with E-state index < -0.39 is 0 Å². The number of nitrogens with one attached hydrogen (secondary N) is 1. The lowest BCUT2D eigenvalue weighted by Crippen LogP contribution is -1.93. The van der Waals surface area contributed by atoms with Crippen molar-refractivity contribution in [2.24, 2.45) is 0 Å². The Morgan fingerprint density at radius 2 is 1.55 bits per heavy atom. The summed E-state index contributed by atoms with van der Waals surface area (Å²) in [4.78, 5) is 0. The molecule has 0 aromatic heterocycles. The van der Waals surface area contributed by atoms with Crippen molar-refractivity contribution in [3.05, 3.63) is 72.6 Å². The fourth-order valence-corrected chi connectivity index (χ4v) is 2.62. The lowest BCUT2D eigenvalue weighted by Gasteiger charge is -2.08. The Hall–Kier alpha value is -1.76. The molecule has 0 amide bonds. The Morgan fingerprint density at radius 3 is 2.03 bits per heavy atom. The summed E-state index contributed by atoms with van der Waals surface area (Å²) >= 11 is 0. The molecular formula is C28H51N. The fraction of sp³-hybridized carbons (Fsp3) is 0.571. The second-order valence-electron chi connectivity index (χ2n) is 6.89. The smallest absolute Gasteiger partial charge is 0.000675 e. The van der Waals surface area contributed by atoms with Crippen LogP contribution in [0.4, 0.5) is 0 Å². The monoisotopic (exact) mass is 401 g/mol. The number of unbranched alkanes of at least 4 members (excludes halogenated alkanes) is 4. The number of benzene rings is 1. The van der Waals surface area contributed by atoms with Gasteiger partial charge in [0.25, 0.3) is 0 Å². The van der Waals surface area contributed by atoms with E-state index in [9.17, 15) is 0 Å². The summed E-state index contributed by atoms with van der Waals surface area (Å²) in [5, 5.41) is 2.90. The molecular weight excluding hydrogens is 350 g/mol. The highest BCUT2D eigenvalue weighted by Crippen LogP contribution is 2.16. The molecule has 0 radical (unpaired) electrons. The molecule has 29 heavy (non-hydrogen) atoms.